The number of nitrogens with zero attached hydrogens (tertiary/aromatic N) is 2. The van der Waals surface area contributed by atoms with E-state index in [0.29, 0.717) is 0 Å². The molecule has 0 aliphatic rings. The summed E-state index contributed by atoms with van der Waals surface area (Å²) in [5, 5.41) is 0. The van der Waals surface area contributed by atoms with Gasteiger partial charge in [-0.3, -0.25) is 0 Å². The van der Waals surface area contributed by atoms with Crippen LogP contribution in [0.2, 0.25) is 65.5 Å². The number of hydrogen-bond acceptors (Lipinski definition) is 2. The van der Waals surface area contributed by atoms with Gasteiger partial charge in [-0.25, -0.2) is 0 Å². The molecule has 8 heteroatoms. The maximum absolute atomic E-state index is 3.14. The zero-order valence-corrected chi connectivity index (χ0v) is 22.7. The summed E-state index contributed by atoms with van der Waals surface area (Å²) in [5.41, 5.74) is 0. The van der Waals surface area contributed by atoms with E-state index in [1.54, 1.807) is 0 Å². The summed E-state index contributed by atoms with van der Waals surface area (Å²) in [5.74, 6) is 0. The fourth-order valence-electron chi connectivity index (χ4n) is 2.73. The summed E-state index contributed by atoms with van der Waals surface area (Å²) >= 11 is 2.56. The van der Waals surface area contributed by atoms with Crippen LogP contribution in [0, 0.1) is 0 Å². The third kappa shape index (κ3) is 5.66. The van der Waals surface area contributed by atoms with Gasteiger partial charge in [0.05, 0.1) is 0 Å². The molecule has 0 aromatic rings. The summed E-state index contributed by atoms with van der Waals surface area (Å²) in [4.78, 5) is 0. The van der Waals surface area contributed by atoms with Crippen molar-refractivity contribution >= 4 is 64.7 Å². The van der Waals surface area contributed by atoms with Crippen molar-refractivity contribution in [1.82, 2.24) is 6.38 Å². The monoisotopic (exact) mass is 496 g/mol. The van der Waals surface area contributed by atoms with Crippen molar-refractivity contribution in [3.05, 3.63) is 0 Å². The van der Waals surface area contributed by atoms with Gasteiger partial charge in [-0.15, -0.1) is 0 Å². The van der Waals surface area contributed by atoms with Crippen molar-refractivity contribution in [3.63, 3.8) is 0 Å². The van der Waals surface area contributed by atoms with E-state index in [4.69, 9.17) is 0 Å². The Morgan fingerprint density at radius 2 is 1.06 bits per heavy atom. The molecule has 0 N–H and O–H groups in total. The van der Waals surface area contributed by atoms with E-state index in [9.17, 15) is 0 Å². The molecule has 0 aromatic heterocycles. The van der Waals surface area contributed by atoms with Gasteiger partial charge in [0.25, 0.3) is 0 Å². The second-order valence-electron chi connectivity index (χ2n) is 7.55. The fourth-order valence-corrected chi connectivity index (χ4v) is 78.8. The Hall–Kier alpha value is 1.80. The molecule has 0 aliphatic carbocycles. The first-order valence-corrected chi connectivity index (χ1v) is 28.3. The molecule has 0 radical (unpaired) electrons. The SMILES string of the molecule is C[SiH](C)[N]([SiH](C)C)[Ge](=[Te])[N]([Si](C)(C)C)[Si](C)(C)C. The van der Waals surface area contributed by atoms with Crippen molar-refractivity contribution in [2.75, 3.05) is 0 Å². The second kappa shape index (κ2) is 7.18. The molecule has 0 aliphatic heterocycles. The van der Waals surface area contributed by atoms with Gasteiger partial charge in [-0.05, 0) is 0 Å². The van der Waals surface area contributed by atoms with Gasteiger partial charge in [0, 0.05) is 0 Å². The first kappa shape index (κ1) is 19.8. The van der Waals surface area contributed by atoms with E-state index in [1.807, 2.05) is 0 Å². The average molecular weight is 493 g/mol. The van der Waals surface area contributed by atoms with Crippen molar-refractivity contribution < 1.29 is 0 Å². The van der Waals surface area contributed by atoms with Crippen molar-refractivity contribution in [2.24, 2.45) is 0 Å². The van der Waals surface area contributed by atoms with Gasteiger partial charge in [0.1, 0.15) is 0 Å². The normalized spacial score (nSPS) is 13.1. The molecular weight excluding hydrogens is 461 g/mol. The molecular formula is C10H32GeN2Si4Te. The van der Waals surface area contributed by atoms with Crippen molar-refractivity contribution in [3.8, 4) is 0 Å². The summed E-state index contributed by atoms with van der Waals surface area (Å²) in [6, 6.07) is 0. The van der Waals surface area contributed by atoms with Crippen LogP contribution in [0.5, 0.6) is 0 Å². The fraction of sp³-hybridized carbons (Fsp3) is 1.00. The number of hydrogen-bond donors (Lipinski definition) is 0. The predicted molar refractivity (Wildman–Crippen MR) is 99.6 cm³/mol. The summed E-state index contributed by atoms with van der Waals surface area (Å²) in [7, 11) is -4.77. The van der Waals surface area contributed by atoms with E-state index in [0.717, 1.165) is 0 Å². The molecule has 0 bridgehead atoms. The van der Waals surface area contributed by atoms with Crippen LogP contribution in [0.1, 0.15) is 0 Å². The van der Waals surface area contributed by atoms with Crippen LogP contribution < -0.4 is 0 Å². The van der Waals surface area contributed by atoms with E-state index in [2.05, 4.69) is 91.2 Å². The minimum absolute atomic E-state index is 0.627. The summed E-state index contributed by atoms with van der Waals surface area (Å²) < 4.78 is 6.26. The topological polar surface area (TPSA) is 6.48 Å². The second-order valence-corrected chi connectivity index (χ2v) is 36.3. The molecule has 0 saturated carbocycles. The quantitative estimate of drug-likeness (QED) is 0.525. The predicted octanol–water partition coefficient (Wildman–Crippen LogP) is 2.38. The number of rotatable bonds is 6. The zero-order valence-electron chi connectivity index (χ0n) is 14.0. The Labute approximate surface area is 135 Å². The van der Waals surface area contributed by atoms with Crippen LogP contribution in [0.3, 0.4) is 0 Å². The van der Waals surface area contributed by atoms with Crippen LogP contribution in [0.15, 0.2) is 0 Å². The molecule has 0 aromatic carbocycles. The molecule has 0 saturated heterocycles. The van der Waals surface area contributed by atoms with Crippen LogP contribution in [0.25, 0.3) is 0 Å². The maximum atomic E-state index is 3.14. The van der Waals surface area contributed by atoms with Crippen LogP contribution in [0.4, 0.5) is 0 Å². The van der Waals surface area contributed by atoms with Gasteiger partial charge in [0.2, 0.25) is 0 Å². The third-order valence-electron chi connectivity index (χ3n) is 2.87. The Morgan fingerprint density at radius 1 is 0.778 bits per heavy atom. The van der Waals surface area contributed by atoms with Gasteiger partial charge >= 0.3 is 137 Å². The average Bonchev–Trinajstić information content (AvgIpc) is 1.93. The van der Waals surface area contributed by atoms with E-state index in [1.165, 1.54) is 0 Å². The molecule has 0 amide bonds. The van der Waals surface area contributed by atoms with Crippen LogP contribution in [-0.2, 0) is 0 Å². The molecule has 0 atom stereocenters. The third-order valence-corrected chi connectivity index (χ3v) is 53.8. The Bertz CT molecular complexity index is 277. The molecule has 0 unspecified atom stereocenters. The molecule has 2 nitrogen and oxygen atoms in total. The van der Waals surface area contributed by atoms with Gasteiger partial charge < -0.3 is 0 Å². The van der Waals surface area contributed by atoms with E-state index < -0.39 is 45.4 Å². The van der Waals surface area contributed by atoms with Crippen LogP contribution in [-0.4, -0.2) is 71.1 Å². The molecule has 18 heavy (non-hydrogen) atoms. The zero-order chi connectivity index (χ0) is 14.9. The van der Waals surface area contributed by atoms with Gasteiger partial charge in [-0.2, -0.15) is 0 Å². The summed E-state index contributed by atoms with van der Waals surface area (Å²) in [6.07, 6.45) is 0. The van der Waals surface area contributed by atoms with Crippen molar-refractivity contribution in [2.45, 2.75) is 65.5 Å². The van der Waals surface area contributed by atoms with E-state index >= 15 is 0 Å². The van der Waals surface area contributed by atoms with E-state index in [-0.39, 0.29) is 0 Å². The molecule has 0 fully saturated rings. The Morgan fingerprint density at radius 3 is 1.22 bits per heavy atom. The van der Waals surface area contributed by atoms with Gasteiger partial charge in [-0.1, -0.05) is 0 Å². The first-order valence-electron chi connectivity index (χ1n) is 6.92. The minimum atomic E-state index is -1.19. The molecule has 0 spiro atoms. The standard InChI is InChI=1S/C10H32GeN2Si4Te/c1-14(2)12(15(3)4)11(18)13(16(5,6)7)17(8,9)10/h14-15H,1-10H3. The molecule has 0 heterocycles. The summed E-state index contributed by atoms with van der Waals surface area (Å²) in [6.45, 7) is 25.5. The van der Waals surface area contributed by atoms with Gasteiger partial charge in [0.15, 0.2) is 0 Å². The molecule has 108 valence electrons. The van der Waals surface area contributed by atoms with Crippen molar-refractivity contribution in [1.29, 1.82) is 0 Å². The Kier molecular flexibility index (Phi) is 7.90. The Balaban J connectivity index is 5.46. The van der Waals surface area contributed by atoms with Crippen LogP contribution >= 0.6 is 0 Å². The molecule has 0 rings (SSSR count). The first-order chi connectivity index (χ1) is 7.80.